The van der Waals surface area contributed by atoms with Crippen LogP contribution in [0.25, 0.3) is 0 Å². The van der Waals surface area contributed by atoms with E-state index in [2.05, 4.69) is 26.7 Å². The molecule has 27 heavy (non-hydrogen) atoms. The molecule has 8 heteroatoms. The molecule has 2 amide bonds. The number of carbonyl (C=O) groups excluding carboxylic acids is 1. The first-order chi connectivity index (χ1) is 13.2. The largest absolute Gasteiger partial charge is 0.486 e. The maximum absolute atomic E-state index is 12.3. The average Bonchev–Trinajstić information content (AvgIpc) is 3.11. The number of nitrogens with one attached hydrogen (secondary N) is 2. The molecular formula is C19H22N4O4. The molecule has 0 aliphatic carbocycles. The van der Waals surface area contributed by atoms with E-state index in [9.17, 15) is 4.79 Å². The number of ether oxygens (including phenoxy) is 2. The molecule has 0 radical (unpaired) electrons. The maximum Gasteiger partial charge on any atom is 0.315 e. The molecule has 3 rings (SSSR count). The van der Waals surface area contributed by atoms with Gasteiger partial charge in [0.2, 0.25) is 5.89 Å². The minimum atomic E-state index is -0.580. The lowest BCUT2D eigenvalue weighted by Gasteiger charge is -2.21. The fraction of sp³-hybridized carbons (Fsp3) is 0.421. The van der Waals surface area contributed by atoms with Gasteiger partial charge in [-0.25, -0.2) is 4.79 Å². The van der Waals surface area contributed by atoms with Crippen molar-refractivity contribution in [2.45, 2.75) is 32.2 Å². The van der Waals surface area contributed by atoms with Gasteiger partial charge in [-0.2, -0.15) is 4.98 Å². The SMILES string of the molecule is C#CCCCCNC(=O)NC(c1ccc2c(c1)OCCO2)c1noc(C)n1. The number of nitrogens with zero attached hydrogens (tertiary/aromatic N) is 2. The van der Waals surface area contributed by atoms with E-state index in [1.54, 1.807) is 6.92 Å². The van der Waals surface area contributed by atoms with Crippen molar-refractivity contribution < 1.29 is 18.8 Å². The van der Waals surface area contributed by atoms with E-state index in [0.29, 0.717) is 49.4 Å². The fourth-order valence-corrected chi connectivity index (χ4v) is 2.70. The topological polar surface area (TPSA) is 98.5 Å². The van der Waals surface area contributed by atoms with Crippen LogP contribution in [0.1, 0.15) is 42.6 Å². The second-order valence-corrected chi connectivity index (χ2v) is 6.07. The number of terminal acetylenes is 1. The van der Waals surface area contributed by atoms with Crippen LogP contribution in [0.2, 0.25) is 0 Å². The van der Waals surface area contributed by atoms with Gasteiger partial charge in [-0.3, -0.25) is 0 Å². The third kappa shape index (κ3) is 4.91. The van der Waals surface area contributed by atoms with Crippen LogP contribution in [0.3, 0.4) is 0 Å². The van der Waals surface area contributed by atoms with Crippen LogP contribution < -0.4 is 20.1 Å². The van der Waals surface area contributed by atoms with Crippen LogP contribution in [0.4, 0.5) is 4.79 Å². The number of fused-ring (bicyclic) bond motifs is 1. The second-order valence-electron chi connectivity index (χ2n) is 6.07. The van der Waals surface area contributed by atoms with Crippen molar-refractivity contribution in [3.05, 3.63) is 35.5 Å². The summed E-state index contributed by atoms with van der Waals surface area (Å²) in [7, 11) is 0. The Morgan fingerprint density at radius 1 is 1.30 bits per heavy atom. The Kier molecular flexibility index (Phi) is 6.15. The molecule has 1 aliphatic rings. The Bertz CT molecular complexity index is 827. The number of carbonyl (C=O) groups is 1. The molecule has 0 spiro atoms. The van der Waals surface area contributed by atoms with Crippen molar-refractivity contribution in [2.24, 2.45) is 0 Å². The van der Waals surface area contributed by atoms with Gasteiger partial charge in [0, 0.05) is 19.9 Å². The molecule has 8 nitrogen and oxygen atoms in total. The molecule has 0 bridgehead atoms. The normalized spacial score (nSPS) is 13.5. The third-order valence-electron chi connectivity index (χ3n) is 4.01. The highest BCUT2D eigenvalue weighted by atomic mass is 16.6. The number of rotatable bonds is 7. The van der Waals surface area contributed by atoms with Crippen LogP contribution >= 0.6 is 0 Å². The Morgan fingerprint density at radius 2 is 2.11 bits per heavy atom. The number of amides is 2. The number of unbranched alkanes of at least 4 members (excludes halogenated alkanes) is 2. The molecule has 2 heterocycles. The van der Waals surface area contributed by atoms with Crippen LogP contribution in [-0.4, -0.2) is 35.9 Å². The minimum absolute atomic E-state index is 0.321. The van der Waals surface area contributed by atoms with Gasteiger partial charge in [0.15, 0.2) is 17.3 Å². The molecule has 0 fully saturated rings. The Morgan fingerprint density at radius 3 is 2.85 bits per heavy atom. The number of aromatic nitrogens is 2. The van der Waals surface area contributed by atoms with Crippen molar-refractivity contribution in [2.75, 3.05) is 19.8 Å². The quantitative estimate of drug-likeness (QED) is 0.573. The van der Waals surface area contributed by atoms with Gasteiger partial charge < -0.3 is 24.6 Å². The molecule has 0 saturated heterocycles. The predicted molar refractivity (Wildman–Crippen MR) is 97.5 cm³/mol. The van der Waals surface area contributed by atoms with E-state index in [0.717, 1.165) is 18.4 Å². The summed E-state index contributed by atoms with van der Waals surface area (Å²) in [6.45, 7) is 3.23. The van der Waals surface area contributed by atoms with Gasteiger partial charge in [0.05, 0.1) is 0 Å². The molecule has 1 aliphatic heterocycles. The Labute approximate surface area is 157 Å². The van der Waals surface area contributed by atoms with Gasteiger partial charge in [-0.1, -0.05) is 11.2 Å². The lowest BCUT2D eigenvalue weighted by Crippen LogP contribution is -2.39. The van der Waals surface area contributed by atoms with E-state index < -0.39 is 6.04 Å². The summed E-state index contributed by atoms with van der Waals surface area (Å²) in [6, 6.07) is 4.57. The number of hydrogen-bond acceptors (Lipinski definition) is 6. The van der Waals surface area contributed by atoms with E-state index in [4.69, 9.17) is 20.4 Å². The van der Waals surface area contributed by atoms with Crippen molar-refractivity contribution in [1.82, 2.24) is 20.8 Å². The summed E-state index contributed by atoms with van der Waals surface area (Å²) < 4.78 is 16.3. The van der Waals surface area contributed by atoms with E-state index in [1.165, 1.54) is 0 Å². The first-order valence-corrected chi connectivity index (χ1v) is 8.85. The van der Waals surface area contributed by atoms with E-state index >= 15 is 0 Å². The Balaban J connectivity index is 1.72. The average molecular weight is 370 g/mol. The van der Waals surface area contributed by atoms with E-state index in [-0.39, 0.29) is 6.03 Å². The summed E-state index contributed by atoms with van der Waals surface area (Å²) in [5.41, 5.74) is 0.766. The zero-order valence-corrected chi connectivity index (χ0v) is 15.2. The van der Waals surface area contributed by atoms with Crippen LogP contribution in [-0.2, 0) is 0 Å². The molecule has 1 aromatic heterocycles. The summed E-state index contributed by atoms with van der Waals surface area (Å²) in [5, 5.41) is 9.66. The van der Waals surface area contributed by atoms with E-state index in [1.807, 2.05) is 18.2 Å². The van der Waals surface area contributed by atoms with Crippen molar-refractivity contribution in [1.29, 1.82) is 0 Å². The highest BCUT2D eigenvalue weighted by molar-refractivity contribution is 5.74. The third-order valence-corrected chi connectivity index (χ3v) is 4.01. The summed E-state index contributed by atoms with van der Waals surface area (Å²) in [5.74, 6) is 4.67. The number of benzene rings is 1. The van der Waals surface area contributed by atoms with Crippen LogP contribution in [0.5, 0.6) is 11.5 Å². The van der Waals surface area contributed by atoms with Gasteiger partial charge in [0.25, 0.3) is 0 Å². The second kappa shape index (κ2) is 8.94. The zero-order valence-electron chi connectivity index (χ0n) is 15.2. The molecular weight excluding hydrogens is 348 g/mol. The minimum Gasteiger partial charge on any atom is -0.486 e. The van der Waals surface area contributed by atoms with Crippen molar-refractivity contribution in [3.63, 3.8) is 0 Å². The standard InChI is InChI=1S/C19H22N4O4/c1-3-4-5-6-9-20-19(24)22-17(18-21-13(2)27-23-18)14-7-8-15-16(12-14)26-11-10-25-15/h1,7-8,12,17H,4-6,9-11H2,2H3,(H2,20,22,24). The lowest BCUT2D eigenvalue weighted by molar-refractivity contribution is 0.171. The number of urea groups is 1. The zero-order chi connectivity index (χ0) is 19.1. The molecule has 0 saturated carbocycles. The number of hydrogen-bond donors (Lipinski definition) is 2. The maximum atomic E-state index is 12.3. The first kappa shape index (κ1) is 18.6. The summed E-state index contributed by atoms with van der Waals surface area (Å²) in [6.07, 6.45) is 7.60. The highest BCUT2D eigenvalue weighted by Gasteiger charge is 2.24. The van der Waals surface area contributed by atoms with Crippen molar-refractivity contribution in [3.8, 4) is 23.8 Å². The van der Waals surface area contributed by atoms with Crippen molar-refractivity contribution >= 4 is 6.03 Å². The molecule has 1 unspecified atom stereocenters. The number of aryl methyl sites for hydroxylation is 1. The summed E-state index contributed by atoms with van der Waals surface area (Å²) in [4.78, 5) is 16.6. The van der Waals surface area contributed by atoms with Gasteiger partial charge in [-0.05, 0) is 30.5 Å². The molecule has 1 atom stereocenters. The molecule has 2 aromatic rings. The monoisotopic (exact) mass is 370 g/mol. The lowest BCUT2D eigenvalue weighted by atomic mass is 10.1. The highest BCUT2D eigenvalue weighted by Crippen LogP contribution is 2.33. The fourth-order valence-electron chi connectivity index (χ4n) is 2.70. The first-order valence-electron chi connectivity index (χ1n) is 8.85. The van der Waals surface area contributed by atoms with Gasteiger partial charge in [0.1, 0.15) is 19.3 Å². The van der Waals surface area contributed by atoms with Crippen LogP contribution in [0.15, 0.2) is 22.7 Å². The summed E-state index contributed by atoms with van der Waals surface area (Å²) >= 11 is 0. The molecule has 142 valence electrons. The van der Waals surface area contributed by atoms with Gasteiger partial charge >= 0.3 is 6.03 Å². The van der Waals surface area contributed by atoms with Crippen LogP contribution in [0, 0.1) is 19.3 Å². The predicted octanol–water partition coefficient (Wildman–Crippen LogP) is 2.34. The smallest absolute Gasteiger partial charge is 0.315 e. The molecule has 1 aromatic carbocycles. The Hall–Kier alpha value is -3.21. The molecule has 2 N–H and O–H groups in total. The van der Waals surface area contributed by atoms with Gasteiger partial charge in [-0.15, -0.1) is 12.3 Å².